The number of para-hydroxylation sites is 1. The SMILES string of the molecule is Cc1cccc2c1n(-c1ncc(Br)cn1)c(=O)n2CC(=O)O. The number of hydrogen-bond donors (Lipinski definition) is 1. The van der Waals surface area contributed by atoms with Gasteiger partial charge in [0.1, 0.15) is 6.54 Å². The Kier molecular flexibility index (Phi) is 3.53. The highest BCUT2D eigenvalue weighted by molar-refractivity contribution is 9.10. The summed E-state index contributed by atoms with van der Waals surface area (Å²) in [5.41, 5.74) is 1.51. The highest BCUT2D eigenvalue weighted by Crippen LogP contribution is 2.20. The highest BCUT2D eigenvalue weighted by atomic mass is 79.9. The Hall–Kier alpha value is -2.48. The van der Waals surface area contributed by atoms with Crippen molar-refractivity contribution in [2.24, 2.45) is 0 Å². The summed E-state index contributed by atoms with van der Waals surface area (Å²) in [7, 11) is 0. The Morgan fingerprint density at radius 2 is 2.00 bits per heavy atom. The monoisotopic (exact) mass is 362 g/mol. The molecule has 8 heteroatoms. The number of hydrogen-bond acceptors (Lipinski definition) is 4. The zero-order valence-electron chi connectivity index (χ0n) is 11.5. The summed E-state index contributed by atoms with van der Waals surface area (Å²) in [4.78, 5) is 31.9. The largest absolute Gasteiger partial charge is 0.480 e. The predicted molar refractivity (Wildman–Crippen MR) is 83.2 cm³/mol. The minimum absolute atomic E-state index is 0.205. The van der Waals surface area contributed by atoms with Gasteiger partial charge in [-0.05, 0) is 34.5 Å². The van der Waals surface area contributed by atoms with E-state index in [1.165, 1.54) is 21.5 Å². The molecule has 7 nitrogen and oxygen atoms in total. The number of imidazole rings is 1. The number of aliphatic carboxylic acids is 1. The second-order valence-electron chi connectivity index (χ2n) is 4.74. The summed E-state index contributed by atoms with van der Waals surface area (Å²) in [5, 5.41) is 9.03. The average Bonchev–Trinajstić information content (AvgIpc) is 2.74. The molecule has 2 heterocycles. The van der Waals surface area contributed by atoms with Crippen LogP contribution in [0.4, 0.5) is 0 Å². The van der Waals surface area contributed by atoms with E-state index in [0.717, 1.165) is 5.56 Å². The summed E-state index contributed by atoms with van der Waals surface area (Å²) < 4.78 is 3.23. The van der Waals surface area contributed by atoms with Crippen LogP contribution in [0.25, 0.3) is 17.0 Å². The second kappa shape index (κ2) is 5.38. The van der Waals surface area contributed by atoms with E-state index in [1.807, 2.05) is 13.0 Å². The molecule has 3 rings (SSSR count). The van der Waals surface area contributed by atoms with Crippen LogP contribution in [0.5, 0.6) is 0 Å². The van der Waals surface area contributed by atoms with Crippen molar-refractivity contribution < 1.29 is 9.90 Å². The smallest absolute Gasteiger partial charge is 0.336 e. The van der Waals surface area contributed by atoms with Gasteiger partial charge < -0.3 is 5.11 Å². The molecule has 1 aromatic carbocycles. The normalized spacial score (nSPS) is 11.0. The van der Waals surface area contributed by atoms with Gasteiger partial charge in [0.2, 0.25) is 5.95 Å². The zero-order valence-corrected chi connectivity index (χ0v) is 13.1. The van der Waals surface area contributed by atoms with Crippen molar-refractivity contribution in [3.8, 4) is 5.95 Å². The molecular formula is C14H11BrN4O3. The molecule has 0 unspecified atom stereocenters. The molecule has 22 heavy (non-hydrogen) atoms. The molecule has 0 amide bonds. The number of aryl methyl sites for hydroxylation is 1. The van der Waals surface area contributed by atoms with E-state index >= 15 is 0 Å². The summed E-state index contributed by atoms with van der Waals surface area (Å²) in [6.45, 7) is 1.44. The predicted octanol–water partition coefficient (Wildman–Crippen LogP) is 1.74. The molecule has 0 aliphatic heterocycles. The fraction of sp³-hybridized carbons (Fsp3) is 0.143. The van der Waals surface area contributed by atoms with Crippen molar-refractivity contribution in [2.75, 3.05) is 0 Å². The van der Waals surface area contributed by atoms with Crippen molar-refractivity contribution in [2.45, 2.75) is 13.5 Å². The number of nitrogens with zero attached hydrogens (tertiary/aromatic N) is 4. The van der Waals surface area contributed by atoms with Crippen LogP contribution < -0.4 is 5.69 Å². The van der Waals surface area contributed by atoms with E-state index in [4.69, 9.17) is 5.11 Å². The summed E-state index contributed by atoms with van der Waals surface area (Å²) in [6, 6.07) is 5.34. The van der Waals surface area contributed by atoms with Crippen molar-refractivity contribution in [1.82, 2.24) is 19.1 Å². The van der Waals surface area contributed by atoms with E-state index in [-0.39, 0.29) is 5.95 Å². The molecule has 0 saturated carbocycles. The molecule has 2 aromatic heterocycles. The number of carbonyl (C=O) groups is 1. The number of carboxylic acids is 1. The third-order valence-corrected chi connectivity index (χ3v) is 3.66. The minimum Gasteiger partial charge on any atom is -0.480 e. The van der Waals surface area contributed by atoms with Crippen LogP contribution >= 0.6 is 15.9 Å². The first-order chi connectivity index (χ1) is 10.5. The van der Waals surface area contributed by atoms with Gasteiger partial charge in [-0.3, -0.25) is 9.36 Å². The van der Waals surface area contributed by atoms with E-state index in [2.05, 4.69) is 25.9 Å². The Balaban J connectivity index is 2.39. The van der Waals surface area contributed by atoms with E-state index in [9.17, 15) is 9.59 Å². The molecule has 1 N–H and O–H groups in total. The number of halogens is 1. The fourth-order valence-electron chi connectivity index (χ4n) is 2.37. The lowest BCUT2D eigenvalue weighted by atomic mass is 10.2. The van der Waals surface area contributed by atoms with Gasteiger partial charge in [0.15, 0.2) is 0 Å². The third-order valence-electron chi connectivity index (χ3n) is 3.25. The Morgan fingerprint density at radius 1 is 1.32 bits per heavy atom. The molecule has 3 aromatic rings. The molecular weight excluding hydrogens is 352 g/mol. The Bertz CT molecular complexity index is 928. The topological polar surface area (TPSA) is 90.0 Å². The first-order valence-electron chi connectivity index (χ1n) is 6.39. The van der Waals surface area contributed by atoms with Gasteiger partial charge in [-0.1, -0.05) is 12.1 Å². The van der Waals surface area contributed by atoms with E-state index in [1.54, 1.807) is 12.1 Å². The van der Waals surface area contributed by atoms with Crippen molar-refractivity contribution in [3.05, 3.63) is 51.1 Å². The molecule has 0 saturated heterocycles. The lowest BCUT2D eigenvalue weighted by Crippen LogP contribution is -2.27. The van der Waals surface area contributed by atoms with Crippen LogP contribution in [-0.4, -0.2) is 30.2 Å². The molecule has 0 aliphatic rings. The van der Waals surface area contributed by atoms with Crippen LogP contribution in [0.3, 0.4) is 0 Å². The maximum atomic E-state index is 12.6. The number of rotatable bonds is 3. The Morgan fingerprint density at radius 3 is 2.64 bits per heavy atom. The quantitative estimate of drug-likeness (QED) is 0.766. The van der Waals surface area contributed by atoms with Crippen LogP contribution in [0.15, 0.2) is 39.9 Å². The lowest BCUT2D eigenvalue weighted by Gasteiger charge is -2.03. The number of aromatic nitrogens is 4. The van der Waals surface area contributed by atoms with Crippen molar-refractivity contribution in [1.29, 1.82) is 0 Å². The second-order valence-corrected chi connectivity index (χ2v) is 5.66. The van der Waals surface area contributed by atoms with Crippen LogP contribution in [0.1, 0.15) is 5.56 Å². The van der Waals surface area contributed by atoms with Gasteiger partial charge >= 0.3 is 11.7 Å². The number of fused-ring (bicyclic) bond motifs is 1. The molecule has 0 fully saturated rings. The van der Waals surface area contributed by atoms with Gasteiger partial charge in [0.25, 0.3) is 0 Å². The summed E-state index contributed by atoms with van der Waals surface area (Å²) in [6.07, 6.45) is 3.07. The van der Waals surface area contributed by atoms with Crippen LogP contribution in [-0.2, 0) is 11.3 Å². The van der Waals surface area contributed by atoms with Crippen molar-refractivity contribution in [3.63, 3.8) is 0 Å². The Labute approximate surface area is 133 Å². The molecule has 0 spiro atoms. The molecule has 112 valence electrons. The van der Waals surface area contributed by atoms with Crippen molar-refractivity contribution >= 4 is 32.9 Å². The first-order valence-corrected chi connectivity index (χ1v) is 7.19. The first kappa shape index (κ1) is 14.5. The standard InChI is InChI=1S/C14H11BrN4O3/c1-8-3-2-4-10-12(8)19(13-16-5-9(15)6-17-13)14(22)18(10)7-11(20)21/h2-6H,7H2,1H3,(H,20,21). The number of benzene rings is 1. The molecule has 0 radical (unpaired) electrons. The van der Waals surface area contributed by atoms with Gasteiger partial charge in [-0.25, -0.2) is 19.3 Å². The number of carboxylic acid groups (broad SMARTS) is 1. The molecule has 0 aliphatic carbocycles. The average molecular weight is 363 g/mol. The van der Waals surface area contributed by atoms with Gasteiger partial charge in [-0.2, -0.15) is 0 Å². The zero-order chi connectivity index (χ0) is 15.9. The fourth-order valence-corrected chi connectivity index (χ4v) is 2.57. The van der Waals surface area contributed by atoms with Crippen LogP contribution in [0.2, 0.25) is 0 Å². The van der Waals surface area contributed by atoms with Gasteiger partial charge in [-0.15, -0.1) is 0 Å². The van der Waals surface area contributed by atoms with Crippen LogP contribution in [0, 0.1) is 6.92 Å². The third kappa shape index (κ3) is 2.31. The van der Waals surface area contributed by atoms with E-state index in [0.29, 0.717) is 15.5 Å². The lowest BCUT2D eigenvalue weighted by molar-refractivity contribution is -0.137. The van der Waals surface area contributed by atoms with Gasteiger partial charge in [0.05, 0.1) is 15.5 Å². The van der Waals surface area contributed by atoms with E-state index < -0.39 is 18.2 Å². The summed E-state index contributed by atoms with van der Waals surface area (Å²) >= 11 is 3.24. The maximum absolute atomic E-state index is 12.6. The maximum Gasteiger partial charge on any atom is 0.336 e. The summed E-state index contributed by atoms with van der Waals surface area (Å²) in [5.74, 6) is -0.879. The van der Waals surface area contributed by atoms with Gasteiger partial charge in [0, 0.05) is 12.4 Å². The molecule has 0 bridgehead atoms. The highest BCUT2D eigenvalue weighted by Gasteiger charge is 2.19. The molecule has 0 atom stereocenters. The minimum atomic E-state index is -1.08.